The maximum atomic E-state index is 12.4. The van der Waals surface area contributed by atoms with Gasteiger partial charge in [-0.05, 0) is 55.5 Å². The number of carbonyl (C=O) groups excluding carboxylic acids is 2. The molecule has 0 aliphatic heterocycles. The Labute approximate surface area is 184 Å². The number of thioether (sulfide) groups is 1. The minimum Gasteiger partial charge on any atom is -0.484 e. The molecule has 0 fully saturated rings. The maximum absolute atomic E-state index is 12.4. The van der Waals surface area contributed by atoms with Gasteiger partial charge in [-0.25, -0.2) is 0 Å². The highest BCUT2D eigenvalue weighted by atomic mass is 35.5. The lowest BCUT2D eigenvalue weighted by Crippen LogP contribution is -2.22. The van der Waals surface area contributed by atoms with E-state index in [-0.39, 0.29) is 23.7 Å². The first-order chi connectivity index (χ1) is 14.5. The summed E-state index contributed by atoms with van der Waals surface area (Å²) >= 11 is 7.50. The van der Waals surface area contributed by atoms with Gasteiger partial charge >= 0.3 is 0 Å². The third-order valence-corrected chi connectivity index (χ3v) is 5.51. The highest BCUT2D eigenvalue weighted by molar-refractivity contribution is 8.00. The summed E-state index contributed by atoms with van der Waals surface area (Å²) < 4.78 is 5.43. The Hall–Kier alpha value is -2.96. The number of carbonyl (C=O) groups is 2. The molecule has 0 radical (unpaired) electrons. The minimum atomic E-state index is -0.319. The number of halogens is 1. The predicted molar refractivity (Wildman–Crippen MR) is 122 cm³/mol. The Kier molecular flexibility index (Phi) is 7.76. The van der Waals surface area contributed by atoms with Crippen LogP contribution in [0, 0.1) is 0 Å². The molecule has 0 saturated heterocycles. The van der Waals surface area contributed by atoms with E-state index < -0.39 is 0 Å². The van der Waals surface area contributed by atoms with Crippen LogP contribution in [0.3, 0.4) is 0 Å². The lowest BCUT2D eigenvalue weighted by molar-refractivity contribution is -0.118. The van der Waals surface area contributed by atoms with Crippen LogP contribution in [0.25, 0.3) is 0 Å². The van der Waals surface area contributed by atoms with Gasteiger partial charge in [0.15, 0.2) is 6.61 Å². The van der Waals surface area contributed by atoms with Crippen LogP contribution in [0.4, 0.5) is 11.4 Å². The summed E-state index contributed by atoms with van der Waals surface area (Å²) in [7, 11) is 0. The molecule has 30 heavy (non-hydrogen) atoms. The Bertz CT molecular complexity index is 997. The summed E-state index contributed by atoms with van der Waals surface area (Å²) in [5.74, 6) is 0.263. The maximum Gasteiger partial charge on any atom is 0.262 e. The summed E-state index contributed by atoms with van der Waals surface area (Å²) in [6.07, 6.45) is 0. The Morgan fingerprint density at radius 3 is 2.30 bits per heavy atom. The molecule has 5 nitrogen and oxygen atoms in total. The Morgan fingerprint density at radius 2 is 1.60 bits per heavy atom. The van der Waals surface area contributed by atoms with Crippen molar-refractivity contribution in [3.8, 4) is 5.75 Å². The third-order valence-electron chi connectivity index (χ3n) is 4.07. The molecule has 0 aliphatic rings. The van der Waals surface area contributed by atoms with Crippen molar-refractivity contribution in [3.05, 3.63) is 83.9 Å². The van der Waals surface area contributed by atoms with Gasteiger partial charge < -0.3 is 15.4 Å². The van der Waals surface area contributed by atoms with E-state index in [1.165, 1.54) is 11.8 Å². The average molecular weight is 441 g/mol. The van der Waals surface area contributed by atoms with E-state index in [4.69, 9.17) is 16.3 Å². The van der Waals surface area contributed by atoms with Crippen molar-refractivity contribution < 1.29 is 14.3 Å². The molecule has 3 aromatic carbocycles. The quantitative estimate of drug-likeness (QED) is 0.455. The molecule has 7 heteroatoms. The van der Waals surface area contributed by atoms with Crippen molar-refractivity contribution in [2.24, 2.45) is 0 Å². The van der Waals surface area contributed by atoms with Crippen molar-refractivity contribution in [2.45, 2.75) is 17.1 Å². The molecule has 154 valence electrons. The zero-order valence-electron chi connectivity index (χ0n) is 16.3. The van der Waals surface area contributed by atoms with E-state index in [0.29, 0.717) is 22.1 Å². The number of hydrogen-bond donors (Lipinski definition) is 2. The van der Waals surface area contributed by atoms with E-state index >= 15 is 0 Å². The van der Waals surface area contributed by atoms with Gasteiger partial charge in [-0.3, -0.25) is 9.59 Å². The summed E-state index contributed by atoms with van der Waals surface area (Å²) in [6.45, 7) is 1.76. The lowest BCUT2D eigenvalue weighted by atomic mass is 10.3. The number of ether oxygens (including phenoxy) is 1. The molecule has 0 spiro atoms. The summed E-state index contributed by atoms with van der Waals surface area (Å²) in [5.41, 5.74) is 1.25. The first kappa shape index (κ1) is 21.7. The number of rotatable bonds is 8. The van der Waals surface area contributed by atoms with Crippen molar-refractivity contribution in [1.82, 2.24) is 0 Å². The Morgan fingerprint density at radius 1 is 0.933 bits per heavy atom. The van der Waals surface area contributed by atoms with Crippen molar-refractivity contribution in [2.75, 3.05) is 17.2 Å². The fourth-order valence-electron chi connectivity index (χ4n) is 2.53. The molecule has 0 saturated carbocycles. The molecular weight excluding hydrogens is 420 g/mol. The van der Waals surface area contributed by atoms with Crippen LogP contribution in [0.2, 0.25) is 5.02 Å². The lowest BCUT2D eigenvalue weighted by Gasteiger charge is -2.13. The van der Waals surface area contributed by atoms with Gasteiger partial charge in [0.25, 0.3) is 5.91 Å². The fraction of sp³-hybridized carbons (Fsp3) is 0.130. The molecule has 3 aromatic rings. The Balaban J connectivity index is 1.48. The minimum absolute atomic E-state index is 0.0697. The van der Waals surface area contributed by atoms with E-state index in [1.54, 1.807) is 36.4 Å². The molecule has 0 heterocycles. The molecule has 0 bridgehead atoms. The second-order valence-electron chi connectivity index (χ2n) is 6.40. The fourth-order valence-corrected chi connectivity index (χ4v) is 3.58. The van der Waals surface area contributed by atoms with E-state index in [2.05, 4.69) is 10.6 Å². The average Bonchev–Trinajstić information content (AvgIpc) is 2.76. The zero-order chi connectivity index (χ0) is 21.3. The number of para-hydroxylation sites is 2. The summed E-state index contributed by atoms with van der Waals surface area (Å²) in [6, 6.07) is 23.6. The van der Waals surface area contributed by atoms with Crippen LogP contribution in [0.5, 0.6) is 5.75 Å². The second-order valence-corrected chi connectivity index (χ2v) is 8.22. The number of benzene rings is 3. The smallest absolute Gasteiger partial charge is 0.262 e. The molecular formula is C23H21ClN2O3S. The largest absolute Gasteiger partial charge is 0.484 e. The first-order valence-electron chi connectivity index (χ1n) is 9.31. The van der Waals surface area contributed by atoms with Crippen LogP contribution in [-0.4, -0.2) is 23.7 Å². The SMILES string of the molecule is CC(Sc1ccc(NC(=O)COc2ccccc2)cc1)C(=O)Nc1ccccc1Cl. The van der Waals surface area contributed by atoms with Crippen molar-refractivity contribution >= 4 is 46.6 Å². The molecule has 3 rings (SSSR count). The summed E-state index contributed by atoms with van der Waals surface area (Å²) in [4.78, 5) is 25.4. The van der Waals surface area contributed by atoms with Gasteiger partial charge in [0, 0.05) is 10.6 Å². The van der Waals surface area contributed by atoms with Gasteiger partial charge in [0.2, 0.25) is 5.91 Å². The molecule has 1 atom stereocenters. The van der Waals surface area contributed by atoms with Crippen LogP contribution in [-0.2, 0) is 9.59 Å². The molecule has 0 aliphatic carbocycles. The van der Waals surface area contributed by atoms with Crippen LogP contribution in [0.1, 0.15) is 6.92 Å². The van der Waals surface area contributed by atoms with Gasteiger partial charge in [-0.1, -0.05) is 41.9 Å². The standard InChI is InChI=1S/C23H21ClN2O3S/c1-16(23(28)26-21-10-6-5-9-20(21)24)30-19-13-11-17(12-14-19)25-22(27)15-29-18-7-3-2-4-8-18/h2-14,16H,15H2,1H3,(H,25,27)(H,26,28). The number of anilines is 2. The molecule has 0 aromatic heterocycles. The number of hydrogen-bond acceptors (Lipinski definition) is 4. The highest BCUT2D eigenvalue weighted by Gasteiger charge is 2.15. The van der Waals surface area contributed by atoms with Crippen molar-refractivity contribution in [1.29, 1.82) is 0 Å². The number of amides is 2. The first-order valence-corrected chi connectivity index (χ1v) is 10.6. The van der Waals surface area contributed by atoms with E-state index in [1.807, 2.05) is 49.4 Å². The van der Waals surface area contributed by atoms with Crippen LogP contribution in [0.15, 0.2) is 83.8 Å². The monoisotopic (exact) mass is 440 g/mol. The predicted octanol–water partition coefficient (Wildman–Crippen LogP) is 5.48. The van der Waals surface area contributed by atoms with Gasteiger partial charge in [0.05, 0.1) is 16.0 Å². The number of nitrogens with one attached hydrogen (secondary N) is 2. The molecule has 2 N–H and O–H groups in total. The highest BCUT2D eigenvalue weighted by Crippen LogP contribution is 2.27. The molecule has 1 unspecified atom stereocenters. The van der Waals surface area contributed by atoms with E-state index in [0.717, 1.165) is 4.90 Å². The third kappa shape index (κ3) is 6.54. The zero-order valence-corrected chi connectivity index (χ0v) is 17.9. The van der Waals surface area contributed by atoms with Gasteiger partial charge in [0.1, 0.15) is 5.75 Å². The van der Waals surface area contributed by atoms with E-state index in [9.17, 15) is 9.59 Å². The molecule has 2 amide bonds. The summed E-state index contributed by atoms with van der Waals surface area (Å²) in [5, 5.41) is 5.80. The van der Waals surface area contributed by atoms with Crippen molar-refractivity contribution in [3.63, 3.8) is 0 Å². The van der Waals surface area contributed by atoms with Gasteiger partial charge in [-0.2, -0.15) is 0 Å². The normalized spacial score (nSPS) is 11.4. The topological polar surface area (TPSA) is 67.4 Å². The van der Waals surface area contributed by atoms with Crippen LogP contribution >= 0.6 is 23.4 Å². The van der Waals surface area contributed by atoms with Gasteiger partial charge in [-0.15, -0.1) is 11.8 Å². The van der Waals surface area contributed by atoms with Crippen LogP contribution < -0.4 is 15.4 Å². The second kappa shape index (κ2) is 10.7.